The summed E-state index contributed by atoms with van der Waals surface area (Å²) >= 11 is 15.8. The SMILES string of the molecule is CSc1nnc(-c2sc3ccccc3c2Cl)n1-c1ccc(Cl)cc1. The Labute approximate surface area is 157 Å². The zero-order valence-corrected chi connectivity index (χ0v) is 15.7. The number of fused-ring (bicyclic) bond motifs is 1. The maximum atomic E-state index is 6.63. The van der Waals surface area contributed by atoms with Gasteiger partial charge >= 0.3 is 0 Å². The van der Waals surface area contributed by atoms with Gasteiger partial charge in [-0.25, -0.2) is 0 Å². The Kier molecular flexibility index (Phi) is 4.26. The highest BCUT2D eigenvalue weighted by molar-refractivity contribution is 7.98. The van der Waals surface area contributed by atoms with Crippen LogP contribution in [0.5, 0.6) is 0 Å². The van der Waals surface area contributed by atoms with Crippen molar-refractivity contribution in [2.45, 2.75) is 5.16 Å². The maximum Gasteiger partial charge on any atom is 0.195 e. The van der Waals surface area contributed by atoms with E-state index in [1.54, 1.807) is 23.1 Å². The molecular formula is C17H11Cl2N3S2. The van der Waals surface area contributed by atoms with Gasteiger partial charge in [0.25, 0.3) is 0 Å². The lowest BCUT2D eigenvalue weighted by Crippen LogP contribution is -1.98. The molecule has 2 aromatic heterocycles. The lowest BCUT2D eigenvalue weighted by atomic mass is 10.2. The van der Waals surface area contributed by atoms with Crippen LogP contribution in [0.3, 0.4) is 0 Å². The Morgan fingerprint density at radius 1 is 1.00 bits per heavy atom. The lowest BCUT2D eigenvalue weighted by Gasteiger charge is -2.08. The van der Waals surface area contributed by atoms with Crippen LogP contribution < -0.4 is 0 Å². The van der Waals surface area contributed by atoms with Crippen molar-refractivity contribution in [2.75, 3.05) is 6.26 Å². The fourth-order valence-electron chi connectivity index (χ4n) is 2.53. The molecule has 4 rings (SSSR count). The molecule has 24 heavy (non-hydrogen) atoms. The average Bonchev–Trinajstić information content (AvgIpc) is 3.17. The molecule has 0 aliphatic rings. The normalized spacial score (nSPS) is 11.3. The van der Waals surface area contributed by atoms with Gasteiger partial charge in [-0.2, -0.15) is 0 Å². The highest BCUT2D eigenvalue weighted by Gasteiger charge is 2.20. The number of hydrogen-bond acceptors (Lipinski definition) is 4. The number of aromatic nitrogens is 3. The number of rotatable bonds is 3. The maximum absolute atomic E-state index is 6.63. The van der Waals surface area contributed by atoms with Gasteiger partial charge in [0.2, 0.25) is 0 Å². The molecule has 0 N–H and O–H groups in total. The van der Waals surface area contributed by atoms with Crippen LogP contribution in [-0.2, 0) is 0 Å². The topological polar surface area (TPSA) is 30.7 Å². The average molecular weight is 392 g/mol. The van der Waals surface area contributed by atoms with E-state index in [0.29, 0.717) is 10.0 Å². The highest BCUT2D eigenvalue weighted by Crippen LogP contribution is 2.42. The first-order chi connectivity index (χ1) is 11.7. The highest BCUT2D eigenvalue weighted by atomic mass is 35.5. The first-order valence-electron chi connectivity index (χ1n) is 7.12. The Hall–Kier alpha value is -1.53. The van der Waals surface area contributed by atoms with Gasteiger partial charge in [-0.15, -0.1) is 21.5 Å². The van der Waals surface area contributed by atoms with E-state index in [1.165, 1.54) is 0 Å². The predicted molar refractivity (Wildman–Crippen MR) is 104 cm³/mol. The van der Waals surface area contributed by atoms with Crippen molar-refractivity contribution >= 4 is 56.4 Å². The van der Waals surface area contributed by atoms with Crippen molar-refractivity contribution in [1.29, 1.82) is 0 Å². The van der Waals surface area contributed by atoms with Gasteiger partial charge in [0.1, 0.15) is 0 Å². The molecule has 0 saturated heterocycles. The summed E-state index contributed by atoms with van der Waals surface area (Å²) in [6, 6.07) is 15.7. The number of benzene rings is 2. The quantitative estimate of drug-likeness (QED) is 0.390. The Morgan fingerprint density at radius 3 is 2.46 bits per heavy atom. The van der Waals surface area contributed by atoms with E-state index in [1.807, 2.05) is 53.3 Å². The molecular weight excluding hydrogens is 381 g/mol. The number of thiophene rings is 1. The molecule has 3 nitrogen and oxygen atoms in total. The lowest BCUT2D eigenvalue weighted by molar-refractivity contribution is 0.889. The molecule has 0 amide bonds. The third-order valence-electron chi connectivity index (χ3n) is 3.64. The summed E-state index contributed by atoms with van der Waals surface area (Å²) in [5.41, 5.74) is 0.956. The minimum absolute atomic E-state index is 0.693. The fraction of sp³-hybridized carbons (Fsp3) is 0.0588. The van der Waals surface area contributed by atoms with Crippen molar-refractivity contribution in [2.24, 2.45) is 0 Å². The van der Waals surface area contributed by atoms with Crippen molar-refractivity contribution in [1.82, 2.24) is 14.8 Å². The molecule has 0 aliphatic heterocycles. The molecule has 2 heterocycles. The van der Waals surface area contributed by atoms with Gasteiger partial charge in [-0.1, -0.05) is 53.2 Å². The summed E-state index contributed by atoms with van der Waals surface area (Å²) in [4.78, 5) is 0.917. The van der Waals surface area contributed by atoms with E-state index in [4.69, 9.17) is 23.2 Å². The van der Waals surface area contributed by atoms with Gasteiger partial charge in [0.05, 0.1) is 9.90 Å². The molecule has 0 fully saturated rings. The van der Waals surface area contributed by atoms with E-state index in [9.17, 15) is 0 Å². The van der Waals surface area contributed by atoms with Crippen LogP contribution in [0, 0.1) is 0 Å². The monoisotopic (exact) mass is 391 g/mol. The summed E-state index contributed by atoms with van der Waals surface area (Å²) in [7, 11) is 0. The molecule has 2 aromatic carbocycles. The van der Waals surface area contributed by atoms with Crippen molar-refractivity contribution in [3.8, 4) is 16.4 Å². The van der Waals surface area contributed by atoms with E-state index in [0.717, 1.165) is 31.6 Å². The number of halogens is 2. The molecule has 0 aliphatic carbocycles. The third-order valence-corrected chi connectivity index (χ3v) is 6.19. The number of nitrogens with zero attached hydrogens (tertiary/aromatic N) is 3. The van der Waals surface area contributed by atoms with Crippen molar-refractivity contribution < 1.29 is 0 Å². The molecule has 4 aromatic rings. The van der Waals surface area contributed by atoms with Gasteiger partial charge in [-0.05, 0) is 36.6 Å². The summed E-state index contributed by atoms with van der Waals surface area (Å²) in [6.45, 7) is 0. The van der Waals surface area contributed by atoms with Gasteiger partial charge in [-0.3, -0.25) is 4.57 Å². The van der Waals surface area contributed by atoms with Gasteiger partial charge in [0.15, 0.2) is 11.0 Å². The zero-order chi connectivity index (χ0) is 16.7. The number of hydrogen-bond donors (Lipinski definition) is 0. The molecule has 0 spiro atoms. The number of thioether (sulfide) groups is 1. The molecule has 0 unspecified atom stereocenters. The van der Waals surface area contributed by atoms with Gasteiger partial charge in [0, 0.05) is 20.8 Å². The smallest absolute Gasteiger partial charge is 0.195 e. The van der Waals surface area contributed by atoms with E-state index in [-0.39, 0.29) is 0 Å². The van der Waals surface area contributed by atoms with Crippen LogP contribution in [-0.4, -0.2) is 21.0 Å². The molecule has 0 atom stereocenters. The standard InChI is InChI=1S/C17H11Cl2N3S2/c1-23-17-21-20-16(22(17)11-8-6-10(18)7-9-11)15-14(19)12-4-2-3-5-13(12)24-15/h2-9H,1H3. The Bertz CT molecular complexity index is 1020. The van der Waals surface area contributed by atoms with E-state index < -0.39 is 0 Å². The molecule has 0 radical (unpaired) electrons. The largest absolute Gasteiger partial charge is 0.269 e. The summed E-state index contributed by atoms with van der Waals surface area (Å²) < 4.78 is 3.14. The van der Waals surface area contributed by atoms with E-state index in [2.05, 4.69) is 16.3 Å². The predicted octanol–water partition coefficient (Wildman–Crippen LogP) is 6.18. The van der Waals surface area contributed by atoms with Crippen LogP contribution in [0.4, 0.5) is 0 Å². The van der Waals surface area contributed by atoms with Crippen LogP contribution in [0.25, 0.3) is 26.5 Å². The second-order valence-corrected chi connectivity index (χ2v) is 7.70. The molecule has 0 saturated carbocycles. The van der Waals surface area contributed by atoms with Crippen LogP contribution >= 0.6 is 46.3 Å². The first kappa shape index (κ1) is 16.0. The molecule has 7 heteroatoms. The summed E-state index contributed by atoms with van der Waals surface area (Å²) in [6.07, 6.45) is 1.98. The second-order valence-electron chi connectivity index (χ2n) is 5.06. The Morgan fingerprint density at radius 2 is 1.75 bits per heavy atom. The minimum atomic E-state index is 0.693. The summed E-state index contributed by atoms with van der Waals surface area (Å²) in [5, 5.41) is 12.0. The molecule has 0 bridgehead atoms. The minimum Gasteiger partial charge on any atom is -0.269 e. The zero-order valence-electron chi connectivity index (χ0n) is 12.5. The Balaban J connectivity index is 1.97. The van der Waals surface area contributed by atoms with Crippen molar-refractivity contribution in [3.63, 3.8) is 0 Å². The summed E-state index contributed by atoms with van der Waals surface area (Å²) in [5.74, 6) is 0.743. The third kappa shape index (κ3) is 2.62. The van der Waals surface area contributed by atoms with Crippen LogP contribution in [0.15, 0.2) is 53.7 Å². The second kappa shape index (κ2) is 6.41. The first-order valence-corrected chi connectivity index (χ1v) is 9.91. The van der Waals surface area contributed by atoms with Crippen molar-refractivity contribution in [3.05, 3.63) is 58.6 Å². The molecule has 120 valence electrons. The van der Waals surface area contributed by atoms with Crippen LogP contribution in [0.1, 0.15) is 0 Å². The van der Waals surface area contributed by atoms with E-state index >= 15 is 0 Å². The van der Waals surface area contributed by atoms with Crippen LogP contribution in [0.2, 0.25) is 10.0 Å². The fourth-order valence-corrected chi connectivity index (χ4v) is 4.64. The van der Waals surface area contributed by atoms with Gasteiger partial charge < -0.3 is 0 Å².